The van der Waals surface area contributed by atoms with Crippen LogP contribution < -0.4 is 5.32 Å². The van der Waals surface area contributed by atoms with E-state index in [9.17, 15) is 4.79 Å². The average Bonchev–Trinajstić information content (AvgIpc) is 2.83. The summed E-state index contributed by atoms with van der Waals surface area (Å²) in [6.45, 7) is 6.32. The van der Waals surface area contributed by atoms with Crippen molar-refractivity contribution in [2.45, 2.75) is 33.1 Å². The summed E-state index contributed by atoms with van der Waals surface area (Å²) >= 11 is 1.68. The van der Waals surface area contributed by atoms with Crippen LogP contribution in [0.15, 0.2) is 17.5 Å². The fourth-order valence-electron chi connectivity index (χ4n) is 2.49. The first-order valence-electron chi connectivity index (χ1n) is 6.37. The Kier molecular flexibility index (Phi) is 4.00. The monoisotopic (exact) mass is 251 g/mol. The van der Waals surface area contributed by atoms with Crippen LogP contribution in [0.25, 0.3) is 0 Å². The molecule has 0 radical (unpaired) electrons. The highest BCUT2D eigenvalue weighted by Crippen LogP contribution is 2.34. The Labute approximate surface area is 107 Å². The molecule has 1 aliphatic rings. The molecule has 0 saturated carbocycles. The van der Waals surface area contributed by atoms with Crippen LogP contribution in [0.2, 0.25) is 0 Å². The van der Waals surface area contributed by atoms with E-state index >= 15 is 0 Å². The molecule has 1 saturated heterocycles. The molecule has 3 heteroatoms. The summed E-state index contributed by atoms with van der Waals surface area (Å²) in [5.74, 6) is 0.873. The smallest absolute Gasteiger partial charge is 0.143 e. The van der Waals surface area contributed by atoms with E-state index in [0.29, 0.717) is 18.1 Å². The van der Waals surface area contributed by atoms with Crippen LogP contribution in [0.1, 0.15) is 31.6 Å². The Hall–Kier alpha value is -0.670. The minimum Gasteiger partial charge on any atom is -0.316 e. The van der Waals surface area contributed by atoms with E-state index in [4.69, 9.17) is 0 Å². The van der Waals surface area contributed by atoms with Gasteiger partial charge in [0.1, 0.15) is 5.78 Å². The third-order valence-corrected chi connectivity index (χ3v) is 4.83. The molecule has 1 aromatic rings. The van der Waals surface area contributed by atoms with Gasteiger partial charge in [-0.2, -0.15) is 0 Å². The maximum absolute atomic E-state index is 12.4. The number of piperidine rings is 1. The van der Waals surface area contributed by atoms with E-state index < -0.39 is 0 Å². The molecule has 0 bridgehead atoms. The number of nitrogens with one attached hydrogen (secondary N) is 1. The number of rotatable bonds is 4. The van der Waals surface area contributed by atoms with E-state index in [2.05, 4.69) is 25.2 Å². The van der Waals surface area contributed by atoms with Gasteiger partial charge >= 0.3 is 0 Å². The number of thiophene rings is 1. The van der Waals surface area contributed by atoms with Gasteiger partial charge in [-0.25, -0.2) is 0 Å². The molecule has 2 heterocycles. The lowest BCUT2D eigenvalue weighted by molar-refractivity contribution is -0.129. The molecule has 2 rings (SSSR count). The van der Waals surface area contributed by atoms with Gasteiger partial charge in [0.05, 0.1) is 0 Å². The van der Waals surface area contributed by atoms with Crippen molar-refractivity contribution in [3.8, 4) is 0 Å². The second-order valence-corrected chi connectivity index (χ2v) is 6.48. The number of carbonyl (C=O) groups excluding carboxylic acids is 1. The summed E-state index contributed by atoms with van der Waals surface area (Å²) in [6.07, 6.45) is 2.97. The van der Waals surface area contributed by atoms with Gasteiger partial charge < -0.3 is 5.32 Å². The van der Waals surface area contributed by atoms with Crippen molar-refractivity contribution in [2.24, 2.45) is 11.3 Å². The van der Waals surface area contributed by atoms with Crippen LogP contribution >= 0.6 is 11.3 Å². The number of carbonyl (C=O) groups is 1. The van der Waals surface area contributed by atoms with Gasteiger partial charge in [-0.1, -0.05) is 19.9 Å². The minimum absolute atomic E-state index is 0.197. The summed E-state index contributed by atoms with van der Waals surface area (Å²) in [7, 11) is 0. The molecule has 1 fully saturated rings. The molecule has 0 spiro atoms. The Morgan fingerprint density at radius 2 is 2.41 bits per heavy atom. The van der Waals surface area contributed by atoms with Crippen LogP contribution in [0.4, 0.5) is 0 Å². The van der Waals surface area contributed by atoms with Crippen molar-refractivity contribution >= 4 is 17.1 Å². The largest absolute Gasteiger partial charge is 0.316 e. The van der Waals surface area contributed by atoms with Crippen molar-refractivity contribution in [1.29, 1.82) is 0 Å². The predicted octanol–water partition coefficient (Wildman–Crippen LogP) is 2.89. The van der Waals surface area contributed by atoms with Gasteiger partial charge in [0, 0.05) is 16.7 Å². The molecule has 0 amide bonds. The highest BCUT2D eigenvalue weighted by molar-refractivity contribution is 7.10. The summed E-state index contributed by atoms with van der Waals surface area (Å²) in [6, 6.07) is 4.07. The number of hydrogen-bond acceptors (Lipinski definition) is 3. The lowest BCUT2D eigenvalue weighted by atomic mass is 9.71. The van der Waals surface area contributed by atoms with E-state index in [1.54, 1.807) is 11.3 Å². The molecular weight excluding hydrogens is 230 g/mol. The van der Waals surface area contributed by atoms with E-state index in [1.807, 2.05) is 11.4 Å². The summed E-state index contributed by atoms with van der Waals surface area (Å²) in [5.41, 5.74) is -0.197. The van der Waals surface area contributed by atoms with Crippen LogP contribution in [0, 0.1) is 11.3 Å². The molecule has 2 nitrogen and oxygen atoms in total. The second-order valence-electron chi connectivity index (χ2n) is 5.44. The van der Waals surface area contributed by atoms with Crippen LogP contribution in [-0.4, -0.2) is 18.9 Å². The lowest BCUT2D eigenvalue weighted by Crippen LogP contribution is -2.43. The zero-order chi connectivity index (χ0) is 12.3. The topological polar surface area (TPSA) is 29.1 Å². The molecule has 1 N–H and O–H groups in total. The van der Waals surface area contributed by atoms with Gasteiger partial charge in [0.15, 0.2) is 0 Å². The van der Waals surface area contributed by atoms with Crippen molar-refractivity contribution < 1.29 is 4.79 Å². The lowest BCUT2D eigenvalue weighted by Gasteiger charge is -2.36. The standard InChI is InChI=1S/C14H21NOS/c1-14(2,11-5-3-7-15-10-11)13(16)9-12-6-4-8-17-12/h4,6,8,11,15H,3,5,7,9-10H2,1-2H3. The first-order chi connectivity index (χ1) is 8.10. The molecule has 1 unspecified atom stereocenters. The predicted molar refractivity (Wildman–Crippen MR) is 72.4 cm³/mol. The van der Waals surface area contributed by atoms with Gasteiger partial charge in [-0.3, -0.25) is 4.79 Å². The third-order valence-electron chi connectivity index (χ3n) is 3.95. The first-order valence-corrected chi connectivity index (χ1v) is 7.25. The molecule has 17 heavy (non-hydrogen) atoms. The average molecular weight is 251 g/mol. The quantitative estimate of drug-likeness (QED) is 0.891. The van der Waals surface area contributed by atoms with Gasteiger partial charge in [-0.05, 0) is 43.3 Å². The summed E-state index contributed by atoms with van der Waals surface area (Å²) < 4.78 is 0. The normalized spacial score (nSPS) is 21.4. The first kappa shape index (κ1) is 12.8. The van der Waals surface area contributed by atoms with Gasteiger partial charge in [0.25, 0.3) is 0 Å². The molecule has 1 aliphatic heterocycles. The molecule has 0 aliphatic carbocycles. The maximum Gasteiger partial charge on any atom is 0.143 e. The fourth-order valence-corrected chi connectivity index (χ4v) is 3.20. The maximum atomic E-state index is 12.4. The SMILES string of the molecule is CC(C)(C(=O)Cc1cccs1)C1CCCNC1. The Balaban J connectivity index is 2.00. The highest BCUT2D eigenvalue weighted by atomic mass is 32.1. The van der Waals surface area contributed by atoms with Crippen molar-refractivity contribution in [1.82, 2.24) is 5.32 Å². The fraction of sp³-hybridized carbons (Fsp3) is 0.643. The minimum atomic E-state index is -0.197. The van der Waals surface area contributed by atoms with Crippen LogP contribution in [-0.2, 0) is 11.2 Å². The van der Waals surface area contributed by atoms with E-state index in [-0.39, 0.29) is 5.41 Å². The van der Waals surface area contributed by atoms with Crippen molar-refractivity contribution in [3.05, 3.63) is 22.4 Å². The second kappa shape index (κ2) is 5.32. The molecule has 94 valence electrons. The van der Waals surface area contributed by atoms with Gasteiger partial charge in [-0.15, -0.1) is 11.3 Å². The van der Waals surface area contributed by atoms with Crippen LogP contribution in [0.3, 0.4) is 0 Å². The van der Waals surface area contributed by atoms with Crippen molar-refractivity contribution in [3.63, 3.8) is 0 Å². The third kappa shape index (κ3) is 2.96. The molecule has 1 aromatic heterocycles. The van der Waals surface area contributed by atoms with E-state index in [0.717, 1.165) is 13.1 Å². The Morgan fingerprint density at radius 1 is 1.59 bits per heavy atom. The molecule has 0 aromatic carbocycles. The van der Waals surface area contributed by atoms with Gasteiger partial charge in [0.2, 0.25) is 0 Å². The summed E-state index contributed by atoms with van der Waals surface area (Å²) in [4.78, 5) is 13.6. The van der Waals surface area contributed by atoms with Crippen molar-refractivity contribution in [2.75, 3.05) is 13.1 Å². The highest BCUT2D eigenvalue weighted by Gasteiger charge is 2.36. The van der Waals surface area contributed by atoms with E-state index in [1.165, 1.54) is 17.7 Å². The zero-order valence-electron chi connectivity index (χ0n) is 10.7. The molecular formula is C14H21NOS. The summed E-state index contributed by atoms with van der Waals surface area (Å²) in [5, 5.41) is 5.44. The van der Waals surface area contributed by atoms with Crippen LogP contribution in [0.5, 0.6) is 0 Å². The number of ketones is 1. The Bertz CT molecular complexity index is 364. The molecule has 1 atom stereocenters. The Morgan fingerprint density at radius 3 is 3.00 bits per heavy atom. The zero-order valence-corrected chi connectivity index (χ0v) is 11.5. The number of hydrogen-bond donors (Lipinski definition) is 1. The number of Topliss-reactive ketones (excluding diaryl/α,β-unsaturated/α-hetero) is 1.